The van der Waals surface area contributed by atoms with E-state index >= 15 is 0 Å². The van der Waals surface area contributed by atoms with Crippen molar-refractivity contribution in [2.45, 2.75) is 6.18 Å². The Morgan fingerprint density at radius 2 is 1.85 bits per heavy atom. The predicted molar refractivity (Wildman–Crippen MR) is 83.9 cm³/mol. The monoisotopic (exact) mass is 384 g/mol. The molecule has 3 rings (SSSR count). The van der Waals surface area contributed by atoms with Gasteiger partial charge in [0.1, 0.15) is 11.0 Å². The van der Waals surface area contributed by atoms with E-state index in [0.717, 1.165) is 10.6 Å². The fraction of sp³-hybridized carbons (Fsp3) is 0.0667. The number of alkyl halides is 3. The van der Waals surface area contributed by atoms with E-state index in [0.29, 0.717) is 6.07 Å². The molecule has 1 N–H and O–H groups in total. The Bertz CT molecular complexity index is 989. The van der Waals surface area contributed by atoms with E-state index in [1.807, 2.05) is 0 Å². The molecular formula is C15H8ClF3N4O3. The third kappa shape index (κ3) is 3.75. The van der Waals surface area contributed by atoms with E-state index in [-0.39, 0.29) is 22.2 Å². The van der Waals surface area contributed by atoms with Crippen LogP contribution in [0.5, 0.6) is 0 Å². The van der Waals surface area contributed by atoms with Crippen molar-refractivity contribution in [2.24, 2.45) is 0 Å². The van der Waals surface area contributed by atoms with Crippen LogP contribution in [0.4, 0.5) is 23.8 Å². The smallest absolute Gasteiger partial charge is 0.372 e. The summed E-state index contributed by atoms with van der Waals surface area (Å²) in [4.78, 5) is 27.3. The zero-order chi connectivity index (χ0) is 18.9. The highest BCUT2D eigenvalue weighted by atomic mass is 35.5. The molecule has 2 aromatic heterocycles. The van der Waals surface area contributed by atoms with Gasteiger partial charge in [0.05, 0.1) is 5.56 Å². The van der Waals surface area contributed by atoms with Crippen LogP contribution in [0.15, 0.2) is 42.5 Å². The number of rotatable bonds is 2. The summed E-state index contributed by atoms with van der Waals surface area (Å²) >= 11 is 5.84. The lowest BCUT2D eigenvalue weighted by Crippen LogP contribution is -2.19. The number of nitrogens with zero attached hydrogens (tertiary/aromatic N) is 3. The zero-order valence-corrected chi connectivity index (χ0v) is 13.4. The number of aromatic nitrogens is 3. The molecule has 1 aromatic carbocycles. The first-order valence-corrected chi connectivity index (χ1v) is 7.33. The molecule has 2 heterocycles. The second kappa shape index (κ2) is 6.64. The predicted octanol–water partition coefficient (Wildman–Crippen LogP) is 3.79. The minimum Gasteiger partial charge on any atom is -0.372 e. The van der Waals surface area contributed by atoms with Gasteiger partial charge in [-0.3, -0.25) is 5.32 Å². The van der Waals surface area contributed by atoms with Gasteiger partial charge in [-0.05, 0) is 12.1 Å². The van der Waals surface area contributed by atoms with Gasteiger partial charge in [-0.15, -0.1) is 0 Å². The summed E-state index contributed by atoms with van der Waals surface area (Å²) in [5, 5.41) is 5.19. The number of carbonyl (C=O) groups excluding carboxylic acids is 2. The van der Waals surface area contributed by atoms with Crippen LogP contribution in [-0.2, 0) is 10.9 Å². The van der Waals surface area contributed by atoms with Crippen molar-refractivity contribution in [3.8, 4) is 0 Å². The molecule has 0 aliphatic heterocycles. The number of fused-ring (bicyclic) bond motifs is 1. The van der Waals surface area contributed by atoms with Crippen LogP contribution in [0.25, 0.3) is 5.65 Å². The van der Waals surface area contributed by atoms with E-state index in [1.165, 1.54) is 12.1 Å². The number of benzene rings is 1. The SMILES string of the molecule is O=C(Nc1cc(Cl)n2nc(C(F)(F)F)cc2n1)OC(=O)c1ccccc1. The van der Waals surface area contributed by atoms with Gasteiger partial charge in [0.15, 0.2) is 11.3 Å². The Balaban J connectivity index is 1.78. The molecule has 0 unspecified atom stereocenters. The molecule has 0 saturated heterocycles. The van der Waals surface area contributed by atoms with E-state index in [9.17, 15) is 22.8 Å². The van der Waals surface area contributed by atoms with Crippen LogP contribution in [0.2, 0.25) is 5.15 Å². The Morgan fingerprint density at radius 1 is 1.15 bits per heavy atom. The molecule has 0 saturated carbocycles. The molecule has 11 heteroatoms. The number of hydrogen-bond acceptors (Lipinski definition) is 5. The molecule has 0 aliphatic carbocycles. The highest BCUT2D eigenvalue weighted by Crippen LogP contribution is 2.29. The minimum absolute atomic E-state index is 0.148. The van der Waals surface area contributed by atoms with Crippen LogP contribution in [0.3, 0.4) is 0 Å². The molecule has 0 aliphatic rings. The summed E-state index contributed by atoms with van der Waals surface area (Å²) in [5.74, 6) is -1.11. The molecule has 0 atom stereocenters. The van der Waals surface area contributed by atoms with Crippen LogP contribution in [0, 0.1) is 0 Å². The lowest BCUT2D eigenvalue weighted by Gasteiger charge is -2.06. The summed E-state index contributed by atoms with van der Waals surface area (Å²) in [7, 11) is 0. The summed E-state index contributed by atoms with van der Waals surface area (Å²) in [6.07, 6.45) is -5.84. The molecule has 0 spiro atoms. The first-order valence-electron chi connectivity index (χ1n) is 6.96. The molecule has 26 heavy (non-hydrogen) atoms. The number of nitrogens with one attached hydrogen (secondary N) is 1. The third-order valence-electron chi connectivity index (χ3n) is 3.10. The summed E-state index contributed by atoms with van der Waals surface area (Å²) in [5.41, 5.74) is -1.28. The standard InChI is InChI=1S/C15H8ClF3N4O3/c16-10-7-11(20-12-6-9(15(17,18)19)22-23(10)12)21-14(25)26-13(24)8-4-2-1-3-5-8/h1-7H,(H,20,21,25). The summed E-state index contributed by atoms with van der Waals surface area (Å²) < 4.78 is 43.4. The maximum atomic E-state index is 12.7. The maximum Gasteiger partial charge on any atom is 0.435 e. The number of halogens is 4. The van der Waals surface area contributed by atoms with Gasteiger partial charge in [-0.1, -0.05) is 29.8 Å². The van der Waals surface area contributed by atoms with E-state index in [1.54, 1.807) is 18.2 Å². The minimum atomic E-state index is -4.67. The van der Waals surface area contributed by atoms with Crippen molar-refractivity contribution < 1.29 is 27.5 Å². The number of hydrogen-bond donors (Lipinski definition) is 1. The fourth-order valence-electron chi connectivity index (χ4n) is 1.99. The summed E-state index contributed by atoms with van der Waals surface area (Å²) in [6.45, 7) is 0. The maximum absolute atomic E-state index is 12.7. The van der Waals surface area contributed by atoms with Gasteiger partial charge in [0.25, 0.3) is 0 Å². The molecule has 134 valence electrons. The zero-order valence-electron chi connectivity index (χ0n) is 12.6. The highest BCUT2D eigenvalue weighted by Gasteiger charge is 2.34. The van der Waals surface area contributed by atoms with Crippen molar-refractivity contribution >= 4 is 35.1 Å². The number of amides is 1. The topological polar surface area (TPSA) is 85.6 Å². The highest BCUT2D eigenvalue weighted by molar-refractivity contribution is 6.30. The van der Waals surface area contributed by atoms with Crippen molar-refractivity contribution in [3.63, 3.8) is 0 Å². The lowest BCUT2D eigenvalue weighted by molar-refractivity contribution is -0.141. The Hall–Kier alpha value is -3.14. The Kier molecular flexibility index (Phi) is 4.51. The van der Waals surface area contributed by atoms with E-state index in [2.05, 4.69) is 20.1 Å². The molecular weight excluding hydrogens is 377 g/mol. The van der Waals surface area contributed by atoms with Gasteiger partial charge in [0.2, 0.25) is 0 Å². The van der Waals surface area contributed by atoms with Crippen LogP contribution in [0.1, 0.15) is 16.1 Å². The van der Waals surface area contributed by atoms with E-state index < -0.39 is 23.9 Å². The van der Waals surface area contributed by atoms with Gasteiger partial charge in [-0.25, -0.2) is 19.1 Å². The third-order valence-corrected chi connectivity index (χ3v) is 3.37. The fourth-order valence-corrected chi connectivity index (χ4v) is 2.22. The normalized spacial score (nSPS) is 11.4. The first kappa shape index (κ1) is 17.7. The Labute approximate surface area is 148 Å². The summed E-state index contributed by atoms with van der Waals surface area (Å²) in [6, 6.07) is 9.47. The van der Waals surface area contributed by atoms with E-state index in [4.69, 9.17) is 11.6 Å². The average molecular weight is 385 g/mol. The van der Waals surface area contributed by atoms with Crippen molar-refractivity contribution in [2.75, 3.05) is 5.32 Å². The molecule has 3 aromatic rings. The first-order chi connectivity index (χ1) is 12.2. The van der Waals surface area contributed by atoms with Crippen LogP contribution >= 0.6 is 11.6 Å². The van der Waals surface area contributed by atoms with Crippen molar-refractivity contribution in [1.82, 2.24) is 14.6 Å². The quantitative estimate of drug-likeness (QED) is 0.413. The van der Waals surface area contributed by atoms with Gasteiger partial charge in [-0.2, -0.15) is 18.3 Å². The Morgan fingerprint density at radius 3 is 2.50 bits per heavy atom. The second-order valence-corrected chi connectivity index (χ2v) is 5.32. The van der Waals surface area contributed by atoms with Gasteiger partial charge in [0, 0.05) is 12.1 Å². The largest absolute Gasteiger partial charge is 0.435 e. The molecule has 1 amide bonds. The number of anilines is 1. The average Bonchev–Trinajstić information content (AvgIpc) is 3.00. The number of esters is 1. The number of ether oxygens (including phenoxy) is 1. The number of carbonyl (C=O) groups is 2. The van der Waals surface area contributed by atoms with Gasteiger partial charge >= 0.3 is 18.2 Å². The second-order valence-electron chi connectivity index (χ2n) is 4.93. The van der Waals surface area contributed by atoms with Crippen molar-refractivity contribution in [3.05, 3.63) is 58.9 Å². The van der Waals surface area contributed by atoms with Crippen molar-refractivity contribution in [1.29, 1.82) is 0 Å². The van der Waals surface area contributed by atoms with Crippen LogP contribution in [-0.4, -0.2) is 26.7 Å². The molecule has 0 bridgehead atoms. The molecule has 0 radical (unpaired) electrons. The van der Waals surface area contributed by atoms with Gasteiger partial charge < -0.3 is 4.74 Å². The molecule has 7 nitrogen and oxygen atoms in total. The van der Waals surface area contributed by atoms with Crippen LogP contribution < -0.4 is 5.32 Å². The molecule has 0 fully saturated rings. The lowest BCUT2D eigenvalue weighted by atomic mass is 10.2.